The van der Waals surface area contributed by atoms with Gasteiger partial charge in [-0.1, -0.05) is 0 Å². The van der Waals surface area contributed by atoms with Gasteiger partial charge in [0.25, 0.3) is 5.91 Å². The molecular formula is C13H18BrN7O3. The lowest BCUT2D eigenvalue weighted by Crippen LogP contribution is -2.36. The van der Waals surface area contributed by atoms with Gasteiger partial charge in [-0.3, -0.25) is 15.5 Å². The molecule has 2 heterocycles. The molecule has 24 heavy (non-hydrogen) atoms. The Kier molecular flexibility index (Phi) is 5.04. The zero-order valence-electron chi connectivity index (χ0n) is 13.6. The van der Waals surface area contributed by atoms with E-state index in [0.717, 1.165) is 0 Å². The molecule has 2 aromatic rings. The number of aromatic nitrogens is 4. The van der Waals surface area contributed by atoms with Crippen LogP contribution in [-0.4, -0.2) is 37.3 Å². The number of hydrogen-bond donors (Lipinski definition) is 3. The zero-order valence-corrected chi connectivity index (χ0v) is 15.2. The van der Waals surface area contributed by atoms with Gasteiger partial charge in [0.15, 0.2) is 11.5 Å². The zero-order chi connectivity index (χ0) is 18.1. The van der Waals surface area contributed by atoms with Crippen molar-refractivity contribution in [2.75, 3.05) is 5.32 Å². The maximum atomic E-state index is 12.0. The predicted octanol–water partition coefficient (Wildman–Crippen LogP) is 1.49. The molecule has 0 aromatic carbocycles. The lowest BCUT2D eigenvalue weighted by Gasteiger charge is -2.19. The van der Waals surface area contributed by atoms with E-state index in [2.05, 4.69) is 41.7 Å². The molecule has 0 fully saturated rings. The summed E-state index contributed by atoms with van der Waals surface area (Å²) in [4.78, 5) is 31.9. The van der Waals surface area contributed by atoms with Crippen LogP contribution in [0.25, 0.3) is 11.0 Å². The number of halogens is 1. The van der Waals surface area contributed by atoms with E-state index in [9.17, 15) is 9.59 Å². The first-order chi connectivity index (χ1) is 11.1. The number of nitrogens with one attached hydrogen (secondary N) is 2. The Balaban J connectivity index is 2.42. The number of carbonyl (C=O) groups excluding carboxylic acids is 2. The summed E-state index contributed by atoms with van der Waals surface area (Å²) in [6.07, 6.45) is 0.599. The van der Waals surface area contributed by atoms with Crippen molar-refractivity contribution < 1.29 is 14.3 Å². The molecule has 0 bridgehead atoms. The largest absolute Gasteiger partial charge is 0.444 e. The molecule has 0 aliphatic carbocycles. The minimum Gasteiger partial charge on any atom is -0.444 e. The van der Waals surface area contributed by atoms with Gasteiger partial charge >= 0.3 is 6.09 Å². The lowest BCUT2D eigenvalue weighted by molar-refractivity contribution is -0.124. The first kappa shape index (κ1) is 18.1. The number of carbonyl (C=O) groups is 2. The van der Waals surface area contributed by atoms with Gasteiger partial charge in [-0.25, -0.2) is 25.3 Å². The smallest absolute Gasteiger partial charge is 0.413 e. The van der Waals surface area contributed by atoms with E-state index in [1.54, 1.807) is 27.7 Å². The number of hydrogen-bond acceptors (Lipinski definition) is 7. The molecular weight excluding hydrogens is 382 g/mol. The quantitative estimate of drug-likeness (QED) is 0.403. The second-order valence-electron chi connectivity index (χ2n) is 5.97. The second-order valence-corrected chi connectivity index (χ2v) is 6.72. The van der Waals surface area contributed by atoms with Crippen LogP contribution >= 0.6 is 15.9 Å². The number of ether oxygens (including phenoxy) is 1. The van der Waals surface area contributed by atoms with E-state index in [0.29, 0.717) is 15.6 Å². The van der Waals surface area contributed by atoms with Crippen molar-refractivity contribution in [2.24, 2.45) is 5.84 Å². The highest BCUT2D eigenvalue weighted by Crippen LogP contribution is 2.29. The van der Waals surface area contributed by atoms with E-state index in [1.807, 2.05) is 0 Å². The first-order valence-electron chi connectivity index (χ1n) is 7.03. The van der Waals surface area contributed by atoms with Gasteiger partial charge in [0.05, 0.1) is 5.39 Å². The Morgan fingerprint density at radius 1 is 1.38 bits per heavy atom. The summed E-state index contributed by atoms with van der Waals surface area (Å²) in [5, 5.41) is 7.22. The Labute approximate surface area is 146 Å². The van der Waals surface area contributed by atoms with Crippen LogP contribution in [0.4, 0.5) is 10.6 Å². The molecule has 1 unspecified atom stereocenters. The number of amides is 2. The summed E-state index contributed by atoms with van der Waals surface area (Å²) in [6.45, 7) is 6.87. The minimum atomic E-state index is -0.701. The topological polar surface area (TPSA) is 137 Å². The van der Waals surface area contributed by atoms with Crippen LogP contribution in [0.15, 0.2) is 10.9 Å². The van der Waals surface area contributed by atoms with E-state index < -0.39 is 23.6 Å². The van der Waals surface area contributed by atoms with Crippen LogP contribution in [0.5, 0.6) is 0 Å². The maximum absolute atomic E-state index is 12.0. The molecule has 130 valence electrons. The van der Waals surface area contributed by atoms with Crippen LogP contribution < -0.4 is 16.6 Å². The molecule has 2 amide bonds. The second kappa shape index (κ2) is 6.69. The first-order valence-corrected chi connectivity index (χ1v) is 7.82. The predicted molar refractivity (Wildman–Crippen MR) is 89.9 cm³/mol. The van der Waals surface area contributed by atoms with Crippen molar-refractivity contribution in [3.63, 3.8) is 0 Å². The molecule has 0 saturated heterocycles. The molecule has 0 radical (unpaired) electrons. The highest BCUT2D eigenvalue weighted by molar-refractivity contribution is 9.10. The highest BCUT2D eigenvalue weighted by Gasteiger charge is 2.24. The van der Waals surface area contributed by atoms with Crippen LogP contribution in [0, 0.1) is 0 Å². The Bertz CT molecular complexity index is 784. The average molecular weight is 400 g/mol. The van der Waals surface area contributed by atoms with Gasteiger partial charge in [-0.05, 0) is 43.6 Å². The van der Waals surface area contributed by atoms with Crippen LogP contribution in [0.2, 0.25) is 0 Å². The number of nitrogens with zero attached hydrogens (tertiary/aromatic N) is 4. The van der Waals surface area contributed by atoms with Crippen molar-refractivity contribution in [3.8, 4) is 0 Å². The highest BCUT2D eigenvalue weighted by atomic mass is 79.9. The summed E-state index contributed by atoms with van der Waals surface area (Å²) in [6, 6.07) is -0.701. The minimum absolute atomic E-state index is 0.215. The maximum Gasteiger partial charge on any atom is 0.413 e. The molecule has 1 atom stereocenters. The molecule has 0 aliphatic rings. The molecule has 2 rings (SSSR count). The van der Waals surface area contributed by atoms with E-state index in [-0.39, 0.29) is 5.82 Å². The van der Waals surface area contributed by atoms with E-state index >= 15 is 0 Å². The van der Waals surface area contributed by atoms with Crippen molar-refractivity contribution >= 4 is 44.8 Å². The molecule has 0 spiro atoms. The summed E-state index contributed by atoms with van der Waals surface area (Å²) >= 11 is 3.29. The van der Waals surface area contributed by atoms with Crippen molar-refractivity contribution in [1.29, 1.82) is 0 Å². The third kappa shape index (κ3) is 3.79. The Morgan fingerprint density at radius 3 is 2.62 bits per heavy atom. The number of anilines is 1. The lowest BCUT2D eigenvalue weighted by atomic mass is 10.2. The van der Waals surface area contributed by atoms with Crippen molar-refractivity contribution in [3.05, 3.63) is 10.9 Å². The van der Waals surface area contributed by atoms with Crippen LogP contribution in [0.1, 0.15) is 33.7 Å². The normalized spacial score (nSPS) is 12.8. The molecule has 0 aliphatic heterocycles. The van der Waals surface area contributed by atoms with Gasteiger partial charge < -0.3 is 4.74 Å². The summed E-state index contributed by atoms with van der Waals surface area (Å²) in [5.41, 5.74) is 1.77. The van der Waals surface area contributed by atoms with E-state index in [1.165, 1.54) is 11.0 Å². The van der Waals surface area contributed by atoms with Gasteiger partial charge in [0.2, 0.25) is 0 Å². The Hall–Kier alpha value is -2.27. The fourth-order valence-electron chi connectivity index (χ4n) is 1.93. The third-order valence-electron chi connectivity index (χ3n) is 2.95. The number of hydrazine groups is 1. The van der Waals surface area contributed by atoms with E-state index in [4.69, 9.17) is 10.6 Å². The monoisotopic (exact) mass is 399 g/mol. The summed E-state index contributed by atoms with van der Waals surface area (Å²) in [5.74, 6) is 4.93. The third-order valence-corrected chi connectivity index (χ3v) is 3.51. The van der Waals surface area contributed by atoms with Gasteiger partial charge in [-0.15, -0.1) is 0 Å². The standard InChI is InChI=1S/C13H18BrN7O3/c1-6(11(22)19-15)21-10-7(8(14)20-21)9(16-5-17-10)18-12(23)24-13(2,3)4/h5-6H,15H2,1-4H3,(H,19,22)(H,16,17,18,23). The molecule has 11 heteroatoms. The molecule has 10 nitrogen and oxygen atoms in total. The van der Waals surface area contributed by atoms with Gasteiger partial charge in [0.1, 0.15) is 22.6 Å². The van der Waals surface area contributed by atoms with Gasteiger partial charge in [0, 0.05) is 0 Å². The summed E-state index contributed by atoms with van der Waals surface area (Å²) in [7, 11) is 0. The molecule has 2 aromatic heterocycles. The fourth-order valence-corrected chi connectivity index (χ4v) is 2.46. The molecule has 4 N–H and O–H groups in total. The molecule has 0 saturated carbocycles. The fraction of sp³-hybridized carbons (Fsp3) is 0.462. The van der Waals surface area contributed by atoms with Crippen molar-refractivity contribution in [1.82, 2.24) is 25.2 Å². The van der Waals surface area contributed by atoms with Crippen LogP contribution in [-0.2, 0) is 9.53 Å². The summed E-state index contributed by atoms with van der Waals surface area (Å²) < 4.78 is 6.96. The van der Waals surface area contributed by atoms with Gasteiger partial charge in [-0.2, -0.15) is 5.10 Å². The SMILES string of the molecule is CC(C(=O)NN)n1nc(Br)c2c(NC(=O)OC(C)(C)C)ncnc21. The average Bonchev–Trinajstić information content (AvgIpc) is 2.82. The number of nitrogens with two attached hydrogens (primary N) is 1. The Morgan fingerprint density at radius 2 is 2.04 bits per heavy atom. The van der Waals surface area contributed by atoms with Crippen LogP contribution in [0.3, 0.4) is 0 Å². The van der Waals surface area contributed by atoms with Crippen molar-refractivity contribution in [2.45, 2.75) is 39.3 Å². The number of fused-ring (bicyclic) bond motifs is 1. The number of rotatable bonds is 3.